The standard InChI is InChI=1S/C18H20N2O5S2/c1-12-3-2-8-20(10-12)27(24,25)15-9-16(26-11-15)17(21)19-14-6-4-13(5-7-14)18(22)23/h4-7,9,11-12H,2-3,8,10H2,1H3,(H,19,21)(H,22,23)/t12-/m1/s1. The molecule has 1 amide bonds. The number of thiophene rings is 1. The van der Waals surface area contributed by atoms with Gasteiger partial charge in [-0.15, -0.1) is 11.3 Å². The number of amides is 1. The van der Waals surface area contributed by atoms with Crippen molar-refractivity contribution in [3.8, 4) is 0 Å². The van der Waals surface area contributed by atoms with Gasteiger partial charge >= 0.3 is 5.97 Å². The van der Waals surface area contributed by atoms with Gasteiger partial charge in [0.15, 0.2) is 0 Å². The number of nitrogens with one attached hydrogen (secondary N) is 1. The van der Waals surface area contributed by atoms with E-state index in [-0.39, 0.29) is 15.3 Å². The number of rotatable bonds is 5. The number of carbonyl (C=O) groups excluding carboxylic acids is 1. The van der Waals surface area contributed by atoms with Crippen LogP contribution in [-0.4, -0.2) is 42.8 Å². The van der Waals surface area contributed by atoms with Crippen molar-refractivity contribution < 1.29 is 23.1 Å². The third-order valence-corrected chi connectivity index (χ3v) is 7.37. The van der Waals surface area contributed by atoms with Crippen LogP contribution in [0.5, 0.6) is 0 Å². The molecule has 1 saturated heterocycles. The van der Waals surface area contributed by atoms with Crippen LogP contribution in [0.4, 0.5) is 5.69 Å². The van der Waals surface area contributed by atoms with Gasteiger partial charge in [-0.2, -0.15) is 4.31 Å². The molecule has 0 radical (unpaired) electrons. The Balaban J connectivity index is 1.72. The number of aromatic carboxylic acids is 1. The first kappa shape index (κ1) is 19.5. The molecule has 3 rings (SSSR count). The van der Waals surface area contributed by atoms with Gasteiger partial charge in [0, 0.05) is 24.2 Å². The molecule has 0 saturated carbocycles. The predicted octanol–water partition coefficient (Wildman–Crippen LogP) is 3.12. The smallest absolute Gasteiger partial charge is 0.335 e. The molecule has 27 heavy (non-hydrogen) atoms. The number of hydrogen-bond donors (Lipinski definition) is 2. The molecule has 1 aliphatic heterocycles. The zero-order chi connectivity index (χ0) is 19.6. The summed E-state index contributed by atoms with van der Waals surface area (Å²) < 4.78 is 27.0. The fourth-order valence-electron chi connectivity index (χ4n) is 2.98. The lowest BCUT2D eigenvalue weighted by atomic mass is 10.0. The summed E-state index contributed by atoms with van der Waals surface area (Å²) in [4.78, 5) is 23.6. The van der Waals surface area contributed by atoms with Crippen molar-refractivity contribution in [1.82, 2.24) is 4.31 Å². The highest BCUT2D eigenvalue weighted by atomic mass is 32.2. The van der Waals surface area contributed by atoms with E-state index in [1.165, 1.54) is 40.0 Å². The maximum atomic E-state index is 12.8. The summed E-state index contributed by atoms with van der Waals surface area (Å²) in [7, 11) is -3.60. The van der Waals surface area contributed by atoms with E-state index in [9.17, 15) is 18.0 Å². The predicted molar refractivity (Wildman–Crippen MR) is 103 cm³/mol. The normalized spacial score (nSPS) is 18.2. The zero-order valence-corrected chi connectivity index (χ0v) is 16.3. The van der Waals surface area contributed by atoms with E-state index in [0.29, 0.717) is 24.7 Å². The molecule has 2 heterocycles. The lowest BCUT2D eigenvalue weighted by Crippen LogP contribution is -2.38. The van der Waals surface area contributed by atoms with Crippen molar-refractivity contribution in [3.05, 3.63) is 46.2 Å². The van der Waals surface area contributed by atoms with Crippen molar-refractivity contribution in [3.63, 3.8) is 0 Å². The van der Waals surface area contributed by atoms with Crippen LogP contribution in [0.1, 0.15) is 39.8 Å². The minimum Gasteiger partial charge on any atom is -0.478 e. The van der Waals surface area contributed by atoms with E-state index < -0.39 is 21.9 Å². The summed E-state index contributed by atoms with van der Waals surface area (Å²) >= 11 is 1.06. The Hall–Kier alpha value is -2.23. The first-order valence-corrected chi connectivity index (χ1v) is 10.8. The number of carboxylic acid groups (broad SMARTS) is 1. The Labute approximate surface area is 161 Å². The van der Waals surface area contributed by atoms with Gasteiger partial charge in [0.05, 0.1) is 15.3 Å². The lowest BCUT2D eigenvalue weighted by molar-refractivity contribution is 0.0696. The maximum Gasteiger partial charge on any atom is 0.335 e. The Morgan fingerprint density at radius 1 is 1.26 bits per heavy atom. The fourth-order valence-corrected chi connectivity index (χ4v) is 5.73. The molecule has 9 heteroatoms. The van der Waals surface area contributed by atoms with E-state index in [1.807, 2.05) is 6.92 Å². The molecule has 0 spiro atoms. The zero-order valence-electron chi connectivity index (χ0n) is 14.7. The van der Waals surface area contributed by atoms with Crippen molar-refractivity contribution in [2.24, 2.45) is 5.92 Å². The largest absolute Gasteiger partial charge is 0.478 e. The highest BCUT2D eigenvalue weighted by molar-refractivity contribution is 7.89. The minimum atomic E-state index is -3.60. The topological polar surface area (TPSA) is 104 Å². The number of nitrogens with zero attached hydrogens (tertiary/aromatic N) is 1. The summed E-state index contributed by atoms with van der Waals surface area (Å²) in [5.41, 5.74) is 0.556. The van der Waals surface area contributed by atoms with E-state index in [2.05, 4.69) is 5.32 Å². The van der Waals surface area contributed by atoms with Crippen LogP contribution in [0, 0.1) is 5.92 Å². The highest BCUT2D eigenvalue weighted by Gasteiger charge is 2.30. The van der Waals surface area contributed by atoms with Gasteiger partial charge in [0.25, 0.3) is 5.91 Å². The third-order valence-electron chi connectivity index (χ3n) is 4.45. The van der Waals surface area contributed by atoms with Crippen molar-refractivity contribution in [2.75, 3.05) is 18.4 Å². The van der Waals surface area contributed by atoms with Gasteiger partial charge in [0.2, 0.25) is 10.0 Å². The summed E-state index contributed by atoms with van der Waals surface area (Å²) in [5, 5.41) is 13.0. The maximum absolute atomic E-state index is 12.8. The summed E-state index contributed by atoms with van der Waals surface area (Å²) in [6.45, 7) is 3.03. The van der Waals surface area contributed by atoms with Crippen molar-refractivity contribution >= 4 is 38.9 Å². The van der Waals surface area contributed by atoms with Crippen LogP contribution < -0.4 is 5.32 Å². The number of carbonyl (C=O) groups is 2. The molecule has 2 N–H and O–H groups in total. The highest BCUT2D eigenvalue weighted by Crippen LogP contribution is 2.27. The molecule has 0 unspecified atom stereocenters. The summed E-state index contributed by atoms with van der Waals surface area (Å²) in [5.74, 6) is -1.16. The van der Waals surface area contributed by atoms with Gasteiger partial charge in [-0.25, -0.2) is 13.2 Å². The molecule has 1 fully saturated rings. The number of sulfonamides is 1. The lowest BCUT2D eigenvalue weighted by Gasteiger charge is -2.29. The molecule has 1 aromatic carbocycles. The molecule has 144 valence electrons. The van der Waals surface area contributed by atoms with Crippen LogP contribution >= 0.6 is 11.3 Å². The molecule has 7 nitrogen and oxygen atoms in total. The molecule has 0 aliphatic carbocycles. The molecule has 2 aromatic rings. The molecule has 0 bridgehead atoms. The molecule has 1 atom stereocenters. The van der Waals surface area contributed by atoms with Crippen LogP contribution in [0.25, 0.3) is 0 Å². The van der Waals surface area contributed by atoms with Crippen LogP contribution in [0.15, 0.2) is 40.6 Å². The van der Waals surface area contributed by atoms with E-state index >= 15 is 0 Å². The Kier molecular flexibility index (Phi) is 5.64. The SMILES string of the molecule is C[C@@H]1CCCN(S(=O)(=O)c2csc(C(=O)Nc3ccc(C(=O)O)cc3)c2)C1. The molecular weight excluding hydrogens is 388 g/mol. The van der Waals surface area contributed by atoms with Crippen LogP contribution in [-0.2, 0) is 10.0 Å². The molecule has 1 aromatic heterocycles. The van der Waals surface area contributed by atoms with Crippen molar-refractivity contribution in [1.29, 1.82) is 0 Å². The molecular formula is C18H20N2O5S2. The fraction of sp³-hybridized carbons (Fsp3) is 0.333. The number of piperidine rings is 1. The number of hydrogen-bond acceptors (Lipinski definition) is 5. The Morgan fingerprint density at radius 3 is 2.59 bits per heavy atom. The second kappa shape index (κ2) is 7.79. The first-order valence-electron chi connectivity index (χ1n) is 8.51. The second-order valence-electron chi connectivity index (χ2n) is 6.59. The molecule has 1 aliphatic rings. The minimum absolute atomic E-state index is 0.119. The van der Waals surface area contributed by atoms with Crippen LogP contribution in [0.2, 0.25) is 0 Å². The number of benzene rings is 1. The van der Waals surface area contributed by atoms with Gasteiger partial charge in [-0.3, -0.25) is 4.79 Å². The van der Waals surface area contributed by atoms with Gasteiger partial charge < -0.3 is 10.4 Å². The van der Waals surface area contributed by atoms with Gasteiger partial charge in [-0.1, -0.05) is 6.92 Å². The Bertz CT molecular complexity index is 950. The van der Waals surface area contributed by atoms with E-state index in [0.717, 1.165) is 24.2 Å². The van der Waals surface area contributed by atoms with E-state index in [1.54, 1.807) is 0 Å². The second-order valence-corrected chi connectivity index (χ2v) is 9.44. The quantitative estimate of drug-likeness (QED) is 0.791. The number of carboxylic acids is 1. The summed E-state index contributed by atoms with van der Waals surface area (Å²) in [6.07, 6.45) is 1.86. The number of anilines is 1. The summed E-state index contributed by atoms with van der Waals surface area (Å²) in [6, 6.07) is 7.14. The van der Waals surface area contributed by atoms with Crippen LogP contribution in [0.3, 0.4) is 0 Å². The average Bonchev–Trinajstić information content (AvgIpc) is 3.13. The first-order chi connectivity index (χ1) is 12.8. The van der Waals surface area contributed by atoms with E-state index in [4.69, 9.17) is 5.11 Å². The average molecular weight is 409 g/mol. The monoisotopic (exact) mass is 408 g/mol. The van der Waals surface area contributed by atoms with Gasteiger partial charge in [-0.05, 0) is 49.1 Å². The Morgan fingerprint density at radius 2 is 1.96 bits per heavy atom. The van der Waals surface area contributed by atoms with Crippen molar-refractivity contribution in [2.45, 2.75) is 24.7 Å². The third kappa shape index (κ3) is 4.37. The van der Waals surface area contributed by atoms with Gasteiger partial charge in [0.1, 0.15) is 0 Å².